The third kappa shape index (κ3) is 3.15. The predicted octanol–water partition coefficient (Wildman–Crippen LogP) is 2.70. The molecule has 0 atom stereocenters. The topological polar surface area (TPSA) is 69.2 Å². The lowest BCUT2D eigenvalue weighted by Crippen LogP contribution is -2.44. The van der Waals surface area contributed by atoms with Gasteiger partial charge in [-0.1, -0.05) is 37.3 Å². The standard InChI is InChI=1S/C18H23N3O2/c1-2-18(13-22)8-10-21(11-9-18)17(23)16-12-15(19-20-16)14-6-4-3-5-7-14/h3-7,12,22H,2,8-11,13H2,1H3,(H,19,20). The Kier molecular flexibility index (Phi) is 4.48. The van der Waals surface area contributed by atoms with E-state index in [-0.39, 0.29) is 17.9 Å². The molecule has 1 saturated heterocycles. The third-order valence-electron chi connectivity index (χ3n) is 5.07. The molecule has 1 amide bonds. The number of amides is 1. The van der Waals surface area contributed by atoms with E-state index in [0.29, 0.717) is 18.8 Å². The van der Waals surface area contributed by atoms with Crippen LogP contribution in [0.2, 0.25) is 0 Å². The number of aliphatic hydroxyl groups excluding tert-OH is 1. The largest absolute Gasteiger partial charge is 0.396 e. The maximum atomic E-state index is 12.6. The minimum Gasteiger partial charge on any atom is -0.396 e. The number of piperidine rings is 1. The first kappa shape index (κ1) is 15.7. The van der Waals surface area contributed by atoms with Crippen LogP contribution < -0.4 is 0 Å². The number of aromatic nitrogens is 2. The van der Waals surface area contributed by atoms with E-state index in [1.807, 2.05) is 41.3 Å². The van der Waals surface area contributed by atoms with E-state index in [4.69, 9.17) is 0 Å². The highest BCUT2D eigenvalue weighted by Gasteiger charge is 2.34. The van der Waals surface area contributed by atoms with Gasteiger partial charge < -0.3 is 10.0 Å². The van der Waals surface area contributed by atoms with Gasteiger partial charge >= 0.3 is 0 Å². The molecule has 0 spiro atoms. The molecule has 0 saturated carbocycles. The number of hydrogen-bond donors (Lipinski definition) is 2. The maximum Gasteiger partial charge on any atom is 0.271 e. The summed E-state index contributed by atoms with van der Waals surface area (Å²) in [7, 11) is 0. The van der Waals surface area contributed by atoms with Crippen LogP contribution in [0, 0.1) is 5.41 Å². The number of benzene rings is 1. The maximum absolute atomic E-state index is 12.6. The van der Waals surface area contributed by atoms with Crippen molar-refractivity contribution in [3.8, 4) is 11.3 Å². The number of rotatable bonds is 4. The van der Waals surface area contributed by atoms with Crippen molar-refractivity contribution in [1.82, 2.24) is 15.1 Å². The summed E-state index contributed by atoms with van der Waals surface area (Å²) >= 11 is 0. The van der Waals surface area contributed by atoms with Crippen LogP contribution in [0.5, 0.6) is 0 Å². The number of aromatic amines is 1. The fraction of sp³-hybridized carbons (Fsp3) is 0.444. The first-order chi connectivity index (χ1) is 11.2. The molecule has 2 N–H and O–H groups in total. The third-order valence-corrected chi connectivity index (χ3v) is 5.07. The van der Waals surface area contributed by atoms with Crippen molar-refractivity contribution in [2.24, 2.45) is 5.41 Å². The van der Waals surface area contributed by atoms with Gasteiger partial charge in [-0.3, -0.25) is 9.89 Å². The molecule has 0 bridgehead atoms. The van der Waals surface area contributed by atoms with E-state index < -0.39 is 0 Å². The molecule has 1 aliphatic heterocycles. The van der Waals surface area contributed by atoms with Crippen molar-refractivity contribution in [1.29, 1.82) is 0 Å². The number of carbonyl (C=O) groups excluding carboxylic acids is 1. The molecule has 1 fully saturated rings. The zero-order chi connectivity index (χ0) is 16.3. The van der Waals surface area contributed by atoms with Crippen LogP contribution in [-0.4, -0.2) is 45.8 Å². The van der Waals surface area contributed by atoms with Gasteiger partial charge in [0, 0.05) is 25.3 Å². The van der Waals surface area contributed by atoms with E-state index in [1.54, 1.807) is 0 Å². The van der Waals surface area contributed by atoms with E-state index >= 15 is 0 Å². The van der Waals surface area contributed by atoms with E-state index in [9.17, 15) is 9.90 Å². The van der Waals surface area contributed by atoms with Crippen molar-refractivity contribution in [2.45, 2.75) is 26.2 Å². The van der Waals surface area contributed by atoms with Crippen molar-refractivity contribution < 1.29 is 9.90 Å². The molecule has 5 nitrogen and oxygen atoms in total. The average Bonchev–Trinajstić information content (AvgIpc) is 3.12. The summed E-state index contributed by atoms with van der Waals surface area (Å²) in [5.41, 5.74) is 2.28. The Morgan fingerprint density at radius 2 is 2.00 bits per heavy atom. The quantitative estimate of drug-likeness (QED) is 0.912. The van der Waals surface area contributed by atoms with Crippen LogP contribution in [-0.2, 0) is 0 Å². The minimum absolute atomic E-state index is 0.0117. The molecule has 5 heteroatoms. The first-order valence-corrected chi connectivity index (χ1v) is 8.18. The number of likely N-dealkylation sites (tertiary alicyclic amines) is 1. The van der Waals surface area contributed by atoms with Gasteiger partial charge in [0.15, 0.2) is 0 Å². The second kappa shape index (κ2) is 6.54. The van der Waals surface area contributed by atoms with Crippen LogP contribution in [0.3, 0.4) is 0 Å². The van der Waals surface area contributed by atoms with Gasteiger partial charge in [-0.25, -0.2) is 0 Å². The van der Waals surface area contributed by atoms with Crippen molar-refractivity contribution >= 4 is 5.91 Å². The van der Waals surface area contributed by atoms with Gasteiger partial charge in [0.2, 0.25) is 0 Å². The lowest BCUT2D eigenvalue weighted by molar-refractivity contribution is 0.0334. The monoisotopic (exact) mass is 313 g/mol. The van der Waals surface area contributed by atoms with Gasteiger partial charge in [0.1, 0.15) is 5.69 Å². The zero-order valence-electron chi connectivity index (χ0n) is 13.5. The molecule has 122 valence electrons. The van der Waals surface area contributed by atoms with Crippen LogP contribution in [0.25, 0.3) is 11.3 Å². The molecule has 2 heterocycles. The second-order valence-electron chi connectivity index (χ2n) is 6.34. The summed E-state index contributed by atoms with van der Waals surface area (Å²) in [5.74, 6) is -0.0117. The normalized spacial score (nSPS) is 17.2. The van der Waals surface area contributed by atoms with Crippen molar-refractivity contribution in [2.75, 3.05) is 19.7 Å². The van der Waals surface area contributed by atoms with Crippen LogP contribution in [0.1, 0.15) is 36.7 Å². The Morgan fingerprint density at radius 3 is 2.61 bits per heavy atom. The van der Waals surface area contributed by atoms with Crippen molar-refractivity contribution in [3.63, 3.8) is 0 Å². The second-order valence-corrected chi connectivity index (χ2v) is 6.34. The fourth-order valence-corrected chi connectivity index (χ4v) is 3.17. The van der Waals surface area contributed by atoms with Crippen LogP contribution in [0.15, 0.2) is 36.4 Å². The highest BCUT2D eigenvalue weighted by molar-refractivity contribution is 5.93. The molecule has 2 aromatic rings. The summed E-state index contributed by atoms with van der Waals surface area (Å²) in [6.07, 6.45) is 2.66. The number of hydrogen-bond acceptors (Lipinski definition) is 3. The van der Waals surface area contributed by atoms with Crippen LogP contribution >= 0.6 is 0 Å². The number of nitrogens with one attached hydrogen (secondary N) is 1. The highest BCUT2D eigenvalue weighted by Crippen LogP contribution is 2.34. The molecule has 3 rings (SSSR count). The van der Waals surface area contributed by atoms with Crippen LogP contribution in [0.4, 0.5) is 0 Å². The summed E-state index contributed by atoms with van der Waals surface area (Å²) < 4.78 is 0. The molecule has 1 aliphatic rings. The molecule has 0 radical (unpaired) electrons. The molecular weight excluding hydrogens is 290 g/mol. The van der Waals surface area contributed by atoms with Gasteiger partial charge in [-0.15, -0.1) is 0 Å². The summed E-state index contributed by atoms with van der Waals surface area (Å²) in [4.78, 5) is 14.5. The Labute approximate surface area is 136 Å². The van der Waals surface area contributed by atoms with E-state index in [1.165, 1.54) is 0 Å². The predicted molar refractivity (Wildman–Crippen MR) is 89.0 cm³/mol. The smallest absolute Gasteiger partial charge is 0.271 e. The van der Waals surface area contributed by atoms with E-state index in [2.05, 4.69) is 17.1 Å². The number of H-pyrrole nitrogens is 1. The van der Waals surface area contributed by atoms with Gasteiger partial charge in [-0.05, 0) is 30.7 Å². The highest BCUT2D eigenvalue weighted by atomic mass is 16.3. The fourth-order valence-electron chi connectivity index (χ4n) is 3.17. The van der Waals surface area contributed by atoms with Gasteiger partial charge in [0.05, 0.1) is 5.69 Å². The number of carbonyl (C=O) groups is 1. The molecular formula is C18H23N3O2. The average molecular weight is 313 g/mol. The lowest BCUT2D eigenvalue weighted by atomic mass is 9.77. The Bertz CT molecular complexity index is 652. The summed E-state index contributed by atoms with van der Waals surface area (Å²) in [6, 6.07) is 11.6. The Balaban J connectivity index is 1.69. The van der Waals surface area contributed by atoms with Gasteiger partial charge in [0.25, 0.3) is 5.91 Å². The Hall–Kier alpha value is -2.14. The molecule has 1 aromatic heterocycles. The summed E-state index contributed by atoms with van der Waals surface area (Å²) in [6.45, 7) is 3.68. The number of nitrogens with zero attached hydrogens (tertiary/aromatic N) is 2. The van der Waals surface area contributed by atoms with Gasteiger partial charge in [-0.2, -0.15) is 5.10 Å². The molecule has 23 heavy (non-hydrogen) atoms. The zero-order valence-corrected chi connectivity index (χ0v) is 13.5. The molecule has 0 aliphatic carbocycles. The molecule has 1 aromatic carbocycles. The lowest BCUT2D eigenvalue weighted by Gasteiger charge is -2.40. The molecule has 0 unspecified atom stereocenters. The number of aliphatic hydroxyl groups is 1. The SMILES string of the molecule is CCC1(CO)CCN(C(=O)c2cc(-c3ccccc3)n[nH]2)CC1. The first-order valence-electron chi connectivity index (χ1n) is 8.18. The van der Waals surface area contributed by atoms with E-state index in [0.717, 1.165) is 30.5 Å². The Morgan fingerprint density at radius 1 is 1.30 bits per heavy atom. The minimum atomic E-state index is -0.0139. The van der Waals surface area contributed by atoms with Crippen molar-refractivity contribution in [3.05, 3.63) is 42.1 Å². The summed E-state index contributed by atoms with van der Waals surface area (Å²) in [5, 5.41) is 16.7.